The molecule has 5 heteroatoms. The normalized spacial score (nSPS) is 48.9. The number of rotatable bonds is 5. The molecule has 3 unspecified atom stereocenters. The van der Waals surface area contributed by atoms with Gasteiger partial charge in [-0.15, -0.1) is 0 Å². The summed E-state index contributed by atoms with van der Waals surface area (Å²) in [5, 5.41) is 30.8. The first-order chi connectivity index (χ1) is 13.6. The highest BCUT2D eigenvalue weighted by Crippen LogP contribution is 2.68. The molecule has 0 spiro atoms. The van der Waals surface area contributed by atoms with E-state index in [2.05, 4.69) is 26.5 Å². The molecule has 29 heavy (non-hydrogen) atoms. The highest BCUT2D eigenvalue weighted by atomic mass is 32.1. The van der Waals surface area contributed by atoms with E-state index >= 15 is 0 Å². The van der Waals surface area contributed by atoms with Gasteiger partial charge in [0.1, 0.15) is 0 Å². The molecule has 0 aromatic rings. The predicted molar refractivity (Wildman–Crippen MR) is 117 cm³/mol. The quantitative estimate of drug-likeness (QED) is 0.484. The zero-order valence-electron chi connectivity index (χ0n) is 18.1. The molecule has 0 radical (unpaired) electrons. The fourth-order valence-electron chi connectivity index (χ4n) is 8.54. The van der Waals surface area contributed by atoms with Crippen molar-refractivity contribution in [2.45, 2.75) is 108 Å². The summed E-state index contributed by atoms with van der Waals surface area (Å²) in [5.74, 6) is 1.95. The first kappa shape index (κ1) is 22.0. The molecule has 4 aliphatic carbocycles. The van der Waals surface area contributed by atoms with Crippen molar-refractivity contribution < 1.29 is 20.1 Å². The second kappa shape index (κ2) is 7.70. The van der Waals surface area contributed by atoms with Crippen molar-refractivity contribution in [3.05, 3.63) is 0 Å². The van der Waals surface area contributed by atoms with Gasteiger partial charge in [0, 0.05) is 11.7 Å². The third kappa shape index (κ3) is 3.47. The van der Waals surface area contributed by atoms with Crippen LogP contribution in [0.3, 0.4) is 0 Å². The molecular formula is C24H40O4S. The molecule has 3 N–H and O–H groups in total. The van der Waals surface area contributed by atoms with Gasteiger partial charge in [-0.05, 0) is 85.9 Å². The third-order valence-corrected chi connectivity index (χ3v) is 10.8. The lowest BCUT2D eigenvalue weighted by Crippen LogP contribution is -2.57. The molecular weight excluding hydrogens is 384 g/mol. The van der Waals surface area contributed by atoms with E-state index in [9.17, 15) is 15.0 Å². The van der Waals surface area contributed by atoms with Crippen LogP contribution in [0.5, 0.6) is 0 Å². The molecule has 4 aliphatic rings. The average Bonchev–Trinajstić information content (AvgIpc) is 2.91. The topological polar surface area (TPSA) is 77.8 Å². The van der Waals surface area contributed by atoms with Gasteiger partial charge in [0.05, 0.1) is 18.1 Å². The van der Waals surface area contributed by atoms with Crippen LogP contribution in [0.25, 0.3) is 0 Å². The van der Waals surface area contributed by atoms with Gasteiger partial charge in [0.15, 0.2) is 0 Å². The lowest BCUT2D eigenvalue weighted by Gasteiger charge is -2.61. The smallest absolute Gasteiger partial charge is 0.304 e. The van der Waals surface area contributed by atoms with Gasteiger partial charge < -0.3 is 15.3 Å². The maximum Gasteiger partial charge on any atom is 0.304 e. The Morgan fingerprint density at radius 1 is 1.03 bits per heavy atom. The number of carboxylic acid groups (broad SMARTS) is 1. The van der Waals surface area contributed by atoms with E-state index in [1.54, 1.807) is 0 Å². The van der Waals surface area contributed by atoms with Crippen molar-refractivity contribution in [2.24, 2.45) is 34.5 Å². The molecule has 4 saturated carbocycles. The zero-order valence-corrected chi connectivity index (χ0v) is 19.0. The molecule has 166 valence electrons. The van der Waals surface area contributed by atoms with Crippen molar-refractivity contribution in [1.29, 1.82) is 0 Å². The number of thiol groups is 1. The largest absolute Gasteiger partial charge is 0.481 e. The SMILES string of the molecule is C[C@]12CCCCC1CC[C@@H]1[C@@H]2CC[C@@]2(C)[C@H]1CC[C@]2(O)CC(O)C(S)CC(=O)O. The van der Waals surface area contributed by atoms with Gasteiger partial charge in [-0.1, -0.05) is 26.7 Å². The van der Waals surface area contributed by atoms with Crippen molar-refractivity contribution in [3.63, 3.8) is 0 Å². The third-order valence-electron chi connectivity index (χ3n) is 10.3. The van der Waals surface area contributed by atoms with Crippen molar-refractivity contribution in [1.82, 2.24) is 0 Å². The van der Waals surface area contributed by atoms with Gasteiger partial charge >= 0.3 is 5.97 Å². The summed E-state index contributed by atoms with van der Waals surface area (Å²) in [5.41, 5.74) is -0.601. The minimum Gasteiger partial charge on any atom is -0.481 e. The van der Waals surface area contributed by atoms with E-state index in [0.29, 0.717) is 17.3 Å². The van der Waals surface area contributed by atoms with Gasteiger partial charge in [0.2, 0.25) is 0 Å². The number of fused-ring (bicyclic) bond motifs is 5. The minimum absolute atomic E-state index is 0.176. The van der Waals surface area contributed by atoms with Crippen molar-refractivity contribution >= 4 is 18.6 Å². The van der Waals surface area contributed by atoms with Gasteiger partial charge in [0.25, 0.3) is 0 Å². The highest BCUT2D eigenvalue weighted by Gasteiger charge is 2.64. The summed E-state index contributed by atoms with van der Waals surface area (Å²) in [6.45, 7) is 4.83. The summed E-state index contributed by atoms with van der Waals surface area (Å²) < 4.78 is 0. The summed E-state index contributed by atoms with van der Waals surface area (Å²) in [6.07, 6.45) is 11.4. The Balaban J connectivity index is 1.52. The molecule has 0 aromatic heterocycles. The fourth-order valence-corrected chi connectivity index (χ4v) is 8.80. The molecule has 0 bridgehead atoms. The van der Waals surface area contributed by atoms with Gasteiger partial charge in [-0.3, -0.25) is 4.79 Å². The number of hydrogen-bond donors (Lipinski definition) is 4. The van der Waals surface area contributed by atoms with Crippen LogP contribution in [0.2, 0.25) is 0 Å². The molecule has 4 rings (SSSR count). The molecule has 4 nitrogen and oxygen atoms in total. The number of aliphatic hydroxyl groups excluding tert-OH is 1. The van der Waals surface area contributed by atoms with E-state index in [0.717, 1.165) is 31.1 Å². The maximum absolute atomic E-state index is 11.7. The summed E-state index contributed by atoms with van der Waals surface area (Å²) in [6, 6.07) is 0. The number of hydrogen-bond acceptors (Lipinski definition) is 4. The fraction of sp³-hybridized carbons (Fsp3) is 0.958. The molecule has 9 atom stereocenters. The summed E-state index contributed by atoms with van der Waals surface area (Å²) in [4.78, 5) is 11.0. The van der Waals surface area contributed by atoms with Crippen molar-refractivity contribution in [2.75, 3.05) is 0 Å². The van der Waals surface area contributed by atoms with Crippen LogP contribution in [0.4, 0.5) is 0 Å². The maximum atomic E-state index is 11.7. The Morgan fingerprint density at radius 2 is 1.76 bits per heavy atom. The summed E-state index contributed by atoms with van der Waals surface area (Å²) >= 11 is 4.31. The number of aliphatic carboxylic acids is 1. The molecule has 4 fully saturated rings. The molecule has 0 heterocycles. The Morgan fingerprint density at radius 3 is 2.48 bits per heavy atom. The van der Waals surface area contributed by atoms with Crippen LogP contribution >= 0.6 is 12.6 Å². The van der Waals surface area contributed by atoms with Gasteiger partial charge in [-0.2, -0.15) is 12.6 Å². The second-order valence-corrected chi connectivity index (χ2v) is 12.0. The molecule has 0 amide bonds. The lowest BCUT2D eigenvalue weighted by atomic mass is 9.44. The van der Waals surface area contributed by atoms with Crippen LogP contribution in [0.1, 0.15) is 90.9 Å². The van der Waals surface area contributed by atoms with Crippen LogP contribution < -0.4 is 0 Å². The van der Waals surface area contributed by atoms with E-state index < -0.39 is 22.9 Å². The van der Waals surface area contributed by atoms with E-state index in [1.165, 1.54) is 44.9 Å². The Kier molecular flexibility index (Phi) is 5.83. The van der Waals surface area contributed by atoms with Crippen molar-refractivity contribution in [3.8, 4) is 0 Å². The Hall–Kier alpha value is -0.260. The van der Waals surface area contributed by atoms with E-state index in [4.69, 9.17) is 5.11 Å². The van der Waals surface area contributed by atoms with Crippen LogP contribution in [0, 0.1) is 34.5 Å². The predicted octanol–water partition coefficient (Wildman–Crippen LogP) is 4.67. The average molecular weight is 425 g/mol. The van der Waals surface area contributed by atoms with Crippen LogP contribution in [-0.4, -0.2) is 38.2 Å². The first-order valence-corrected chi connectivity index (χ1v) is 12.4. The van der Waals surface area contributed by atoms with Gasteiger partial charge in [-0.25, -0.2) is 0 Å². The monoisotopic (exact) mass is 424 g/mol. The molecule has 0 aromatic carbocycles. The molecule has 0 saturated heterocycles. The number of aliphatic hydroxyl groups is 2. The van der Waals surface area contributed by atoms with Crippen LogP contribution in [-0.2, 0) is 4.79 Å². The summed E-state index contributed by atoms with van der Waals surface area (Å²) in [7, 11) is 0. The first-order valence-electron chi connectivity index (χ1n) is 11.9. The Labute approximate surface area is 181 Å². The van der Waals surface area contributed by atoms with E-state index in [1.807, 2.05) is 0 Å². The highest BCUT2D eigenvalue weighted by molar-refractivity contribution is 7.81. The number of carboxylic acids is 1. The number of carbonyl (C=O) groups is 1. The van der Waals surface area contributed by atoms with E-state index in [-0.39, 0.29) is 18.3 Å². The minimum atomic E-state index is -0.954. The lowest BCUT2D eigenvalue weighted by molar-refractivity contribution is -0.161. The Bertz CT molecular complexity index is 640. The standard InChI is InChI=1S/C24H40O4S/c1-22-10-4-3-5-15(22)6-7-16-17(22)8-11-23(2)18(16)9-12-24(23,28)14-19(25)20(29)13-21(26)27/h15-20,25,28-29H,3-14H2,1-2H3,(H,26,27)/t15?,16-,17+,18+,19?,20?,22+,23+,24+/m1/s1. The second-order valence-electron chi connectivity index (χ2n) is 11.4. The molecule has 0 aliphatic heterocycles. The zero-order chi connectivity index (χ0) is 21.0. The van der Waals surface area contributed by atoms with Crippen LogP contribution in [0.15, 0.2) is 0 Å².